The highest BCUT2D eigenvalue weighted by molar-refractivity contribution is 5.86. The van der Waals surface area contributed by atoms with Gasteiger partial charge in [-0.2, -0.15) is 0 Å². The van der Waals surface area contributed by atoms with E-state index in [9.17, 15) is 14.4 Å². The fourth-order valence-electron chi connectivity index (χ4n) is 1.38. The topological polar surface area (TPSA) is 84.5 Å². The number of rotatable bonds is 9. The molecule has 1 amide bonds. The number of carbonyl (C=O) groups is 3. The Bertz CT molecular complexity index is 292. The summed E-state index contributed by atoms with van der Waals surface area (Å²) >= 11 is 0. The van der Waals surface area contributed by atoms with Crippen LogP contribution < -0.4 is 10.6 Å². The number of hydrogen-bond acceptors (Lipinski definition) is 5. The van der Waals surface area contributed by atoms with Gasteiger partial charge in [0, 0.05) is 13.5 Å². The second-order valence-corrected chi connectivity index (χ2v) is 3.96. The van der Waals surface area contributed by atoms with Crippen molar-refractivity contribution in [2.45, 2.75) is 39.7 Å². The third kappa shape index (κ3) is 8.69. The lowest BCUT2D eigenvalue weighted by atomic mass is 10.1. The number of nitrogens with one attached hydrogen (secondary N) is 2. The highest BCUT2D eigenvalue weighted by atomic mass is 16.5. The maximum atomic E-state index is 11.3. The Kier molecular flexibility index (Phi) is 8.82. The lowest BCUT2D eigenvalue weighted by Crippen LogP contribution is -2.39. The van der Waals surface area contributed by atoms with Crippen molar-refractivity contribution in [2.24, 2.45) is 0 Å². The Morgan fingerprint density at radius 1 is 1.17 bits per heavy atom. The van der Waals surface area contributed by atoms with Gasteiger partial charge >= 0.3 is 5.97 Å². The quantitative estimate of drug-likeness (QED) is 0.449. The molecule has 0 aromatic carbocycles. The van der Waals surface area contributed by atoms with Gasteiger partial charge in [0.15, 0.2) is 0 Å². The number of carbonyl (C=O) groups excluding carboxylic acids is 3. The molecule has 0 heterocycles. The van der Waals surface area contributed by atoms with E-state index in [1.54, 1.807) is 6.92 Å². The summed E-state index contributed by atoms with van der Waals surface area (Å²) in [6.45, 7) is 6.03. The predicted octanol–water partition coefficient (Wildman–Crippen LogP) is 0.0130. The molecule has 104 valence electrons. The first kappa shape index (κ1) is 16.6. The Hall–Kier alpha value is -1.43. The number of ether oxygens (including phenoxy) is 1. The molecule has 0 fully saturated rings. The van der Waals surface area contributed by atoms with E-state index in [1.807, 2.05) is 0 Å². The second-order valence-electron chi connectivity index (χ2n) is 3.96. The zero-order valence-electron chi connectivity index (χ0n) is 11.2. The zero-order valence-corrected chi connectivity index (χ0v) is 11.2. The summed E-state index contributed by atoms with van der Waals surface area (Å²) in [5.74, 6) is -0.556. The van der Waals surface area contributed by atoms with E-state index in [0.717, 1.165) is 0 Å². The van der Waals surface area contributed by atoms with Crippen LogP contribution in [0.4, 0.5) is 0 Å². The monoisotopic (exact) mass is 258 g/mol. The highest BCUT2D eigenvalue weighted by Gasteiger charge is 2.18. The smallest absolute Gasteiger partial charge is 0.307 e. The first-order chi connectivity index (χ1) is 8.47. The van der Waals surface area contributed by atoms with Crippen molar-refractivity contribution in [1.82, 2.24) is 10.6 Å². The van der Waals surface area contributed by atoms with Gasteiger partial charge < -0.3 is 15.4 Å². The van der Waals surface area contributed by atoms with Crippen LogP contribution in [0.1, 0.15) is 33.6 Å². The Labute approximate surface area is 107 Å². The minimum absolute atomic E-state index is 0.0450. The maximum absolute atomic E-state index is 11.3. The average Bonchev–Trinajstić information content (AvgIpc) is 2.26. The number of esters is 1. The summed E-state index contributed by atoms with van der Waals surface area (Å²) in [7, 11) is 0. The fourth-order valence-corrected chi connectivity index (χ4v) is 1.38. The molecular formula is C12H22N2O4. The number of amides is 1. The van der Waals surface area contributed by atoms with E-state index in [4.69, 9.17) is 4.74 Å². The van der Waals surface area contributed by atoms with Gasteiger partial charge in [-0.05, 0) is 26.8 Å². The van der Waals surface area contributed by atoms with Crippen LogP contribution in [0.2, 0.25) is 0 Å². The summed E-state index contributed by atoms with van der Waals surface area (Å²) in [6.07, 6.45) is 0.746. The van der Waals surface area contributed by atoms with Crippen molar-refractivity contribution in [1.29, 1.82) is 0 Å². The molecule has 2 N–H and O–H groups in total. The highest BCUT2D eigenvalue weighted by Crippen LogP contribution is 1.97. The molecule has 18 heavy (non-hydrogen) atoms. The van der Waals surface area contributed by atoms with E-state index in [2.05, 4.69) is 10.6 Å². The zero-order chi connectivity index (χ0) is 14.0. The normalized spacial score (nSPS) is 11.7. The third-order valence-electron chi connectivity index (χ3n) is 2.29. The molecule has 0 saturated carbocycles. The largest absolute Gasteiger partial charge is 0.466 e. The summed E-state index contributed by atoms with van der Waals surface area (Å²) in [5, 5.41) is 5.63. The molecule has 0 aromatic rings. The van der Waals surface area contributed by atoms with Crippen LogP contribution in [0.5, 0.6) is 0 Å². The molecule has 0 aliphatic rings. The van der Waals surface area contributed by atoms with Gasteiger partial charge in [0.05, 0.1) is 19.1 Å². The Morgan fingerprint density at radius 2 is 1.83 bits per heavy atom. The van der Waals surface area contributed by atoms with Gasteiger partial charge in [-0.15, -0.1) is 0 Å². The molecule has 0 radical (unpaired) electrons. The van der Waals surface area contributed by atoms with Crippen molar-refractivity contribution < 1.29 is 19.1 Å². The van der Waals surface area contributed by atoms with Gasteiger partial charge in [-0.3, -0.25) is 14.4 Å². The molecule has 0 aromatic heterocycles. The van der Waals surface area contributed by atoms with Crippen molar-refractivity contribution in [3.05, 3.63) is 0 Å². The summed E-state index contributed by atoms with van der Waals surface area (Å²) in [4.78, 5) is 33.2. The van der Waals surface area contributed by atoms with Crippen LogP contribution in [0.15, 0.2) is 0 Å². The molecule has 1 atom stereocenters. The second kappa shape index (κ2) is 9.58. The van der Waals surface area contributed by atoms with Crippen LogP contribution >= 0.6 is 0 Å². The molecule has 6 nitrogen and oxygen atoms in total. The first-order valence-electron chi connectivity index (χ1n) is 6.11. The average molecular weight is 258 g/mol. The van der Waals surface area contributed by atoms with E-state index < -0.39 is 6.04 Å². The lowest BCUT2D eigenvalue weighted by Gasteiger charge is -2.14. The number of Topliss-reactive ketones (excluding diaryl/α,β-unsaturated/α-hetero) is 1. The standard InChI is InChI=1S/C12H22N2O4/c1-4-18-12(17)8-11(9(2)15)14-7-5-6-13-10(3)16/h11,14H,4-8H2,1-3H3,(H,13,16). The minimum atomic E-state index is -0.513. The van der Waals surface area contributed by atoms with E-state index in [0.29, 0.717) is 26.1 Å². The summed E-state index contributed by atoms with van der Waals surface area (Å²) < 4.78 is 4.79. The van der Waals surface area contributed by atoms with E-state index in [1.165, 1.54) is 13.8 Å². The fraction of sp³-hybridized carbons (Fsp3) is 0.750. The molecule has 0 aliphatic carbocycles. The molecule has 0 saturated heterocycles. The van der Waals surface area contributed by atoms with E-state index in [-0.39, 0.29) is 24.1 Å². The van der Waals surface area contributed by atoms with Crippen LogP contribution in [0, 0.1) is 0 Å². The van der Waals surface area contributed by atoms with E-state index >= 15 is 0 Å². The third-order valence-corrected chi connectivity index (χ3v) is 2.29. The lowest BCUT2D eigenvalue weighted by molar-refractivity contribution is -0.145. The first-order valence-corrected chi connectivity index (χ1v) is 6.11. The van der Waals surface area contributed by atoms with Crippen LogP contribution in [-0.4, -0.2) is 43.4 Å². The molecule has 1 unspecified atom stereocenters. The number of ketones is 1. The molecule has 6 heteroatoms. The molecule has 0 aliphatic heterocycles. The van der Waals surface area contributed by atoms with Crippen LogP contribution in [0.3, 0.4) is 0 Å². The Balaban J connectivity index is 3.87. The molecule has 0 rings (SSSR count). The van der Waals surface area contributed by atoms with Gasteiger partial charge in [-0.25, -0.2) is 0 Å². The molecule has 0 bridgehead atoms. The maximum Gasteiger partial charge on any atom is 0.307 e. The van der Waals surface area contributed by atoms with Crippen LogP contribution in [-0.2, 0) is 19.1 Å². The van der Waals surface area contributed by atoms with Gasteiger partial charge in [0.2, 0.25) is 5.91 Å². The predicted molar refractivity (Wildman–Crippen MR) is 67.0 cm³/mol. The van der Waals surface area contributed by atoms with Gasteiger partial charge in [0.1, 0.15) is 5.78 Å². The number of hydrogen-bond donors (Lipinski definition) is 2. The Morgan fingerprint density at radius 3 is 2.33 bits per heavy atom. The summed E-state index contributed by atoms with van der Waals surface area (Å²) in [6, 6.07) is -0.513. The summed E-state index contributed by atoms with van der Waals surface area (Å²) in [5.41, 5.74) is 0. The minimum Gasteiger partial charge on any atom is -0.466 e. The van der Waals surface area contributed by atoms with Crippen molar-refractivity contribution in [2.75, 3.05) is 19.7 Å². The van der Waals surface area contributed by atoms with Crippen molar-refractivity contribution >= 4 is 17.7 Å². The van der Waals surface area contributed by atoms with Crippen molar-refractivity contribution in [3.8, 4) is 0 Å². The molecular weight excluding hydrogens is 236 g/mol. The SMILES string of the molecule is CCOC(=O)CC(NCCCNC(C)=O)C(C)=O. The molecule has 0 spiro atoms. The van der Waals surface area contributed by atoms with Gasteiger partial charge in [-0.1, -0.05) is 0 Å². The van der Waals surface area contributed by atoms with Crippen molar-refractivity contribution in [3.63, 3.8) is 0 Å². The van der Waals surface area contributed by atoms with Crippen LogP contribution in [0.25, 0.3) is 0 Å². The van der Waals surface area contributed by atoms with Gasteiger partial charge in [0.25, 0.3) is 0 Å².